The minimum atomic E-state index is 0.664. The van der Waals surface area contributed by atoms with E-state index in [4.69, 9.17) is 4.74 Å². The van der Waals surface area contributed by atoms with E-state index in [1.165, 1.54) is 16.9 Å². The Kier molecular flexibility index (Phi) is 2.25. The minimum Gasteiger partial charge on any atom is -0.494 e. The third-order valence-corrected chi connectivity index (χ3v) is 3.45. The summed E-state index contributed by atoms with van der Waals surface area (Å²) in [5.74, 6) is 0.698. The van der Waals surface area contributed by atoms with E-state index in [1.807, 2.05) is 25.1 Å². The third-order valence-electron chi connectivity index (χ3n) is 2.20. The Labute approximate surface area is 86.1 Å². The molecule has 72 valence electrons. The van der Waals surface area contributed by atoms with Gasteiger partial charge in [0.05, 0.1) is 7.11 Å². The first-order valence-corrected chi connectivity index (χ1v) is 5.11. The van der Waals surface area contributed by atoms with Gasteiger partial charge >= 0.3 is 0 Å². The second-order valence-corrected chi connectivity index (χ2v) is 4.12. The average Bonchev–Trinajstić information content (AvgIpc) is 2.57. The molecule has 0 radical (unpaired) electrons. The van der Waals surface area contributed by atoms with Crippen molar-refractivity contribution in [1.82, 2.24) is 0 Å². The lowest BCUT2D eigenvalue weighted by Gasteiger charge is -1.98. The highest BCUT2D eigenvalue weighted by Gasteiger charge is 2.12. The number of rotatable bonds is 2. The van der Waals surface area contributed by atoms with Gasteiger partial charge in [-0.05, 0) is 18.6 Å². The van der Waals surface area contributed by atoms with E-state index in [-0.39, 0.29) is 0 Å². The van der Waals surface area contributed by atoms with Crippen LogP contribution in [0.25, 0.3) is 10.1 Å². The Morgan fingerprint density at radius 1 is 1.43 bits per heavy atom. The highest BCUT2D eigenvalue weighted by molar-refractivity contribution is 7.21. The SMILES string of the molecule is COc1c(C=O)sc2c(C)cccc12. The Balaban J connectivity index is 2.86. The van der Waals surface area contributed by atoms with Gasteiger partial charge in [-0.2, -0.15) is 0 Å². The van der Waals surface area contributed by atoms with Crippen molar-refractivity contribution < 1.29 is 9.53 Å². The summed E-state index contributed by atoms with van der Waals surface area (Å²) in [6.07, 6.45) is 0.850. The minimum absolute atomic E-state index is 0.664. The standard InChI is InChI=1S/C11H10O2S/c1-7-4-3-5-8-10(13-2)9(6-12)14-11(7)8/h3-6H,1-2H3. The number of aldehydes is 1. The van der Waals surface area contributed by atoms with Gasteiger partial charge in [0.25, 0.3) is 0 Å². The molecule has 0 unspecified atom stereocenters. The molecule has 1 aromatic carbocycles. The third kappa shape index (κ3) is 1.21. The molecule has 2 nitrogen and oxygen atoms in total. The summed E-state index contributed by atoms with van der Waals surface area (Å²) in [6, 6.07) is 5.99. The highest BCUT2D eigenvalue weighted by Crippen LogP contribution is 2.37. The van der Waals surface area contributed by atoms with Crippen LogP contribution in [0.4, 0.5) is 0 Å². The number of aryl methyl sites for hydroxylation is 1. The largest absolute Gasteiger partial charge is 0.494 e. The molecule has 2 aromatic rings. The Morgan fingerprint density at radius 3 is 2.86 bits per heavy atom. The number of fused-ring (bicyclic) bond motifs is 1. The fraction of sp³-hybridized carbons (Fsp3) is 0.182. The smallest absolute Gasteiger partial charge is 0.163 e. The van der Waals surface area contributed by atoms with Gasteiger partial charge < -0.3 is 4.74 Å². The van der Waals surface area contributed by atoms with Gasteiger partial charge in [0.2, 0.25) is 0 Å². The van der Waals surface area contributed by atoms with Crippen LogP contribution in [-0.2, 0) is 0 Å². The van der Waals surface area contributed by atoms with Crippen LogP contribution in [0.3, 0.4) is 0 Å². The first-order valence-electron chi connectivity index (χ1n) is 4.29. The first-order chi connectivity index (χ1) is 6.77. The van der Waals surface area contributed by atoms with Crippen LogP contribution in [0.2, 0.25) is 0 Å². The second kappa shape index (κ2) is 3.42. The first kappa shape index (κ1) is 9.21. The summed E-state index contributed by atoms with van der Waals surface area (Å²) in [5, 5.41) is 1.03. The molecule has 0 fully saturated rings. The van der Waals surface area contributed by atoms with Gasteiger partial charge in [0.1, 0.15) is 10.6 Å². The molecule has 0 N–H and O–H groups in total. The maximum absolute atomic E-state index is 10.8. The molecule has 0 saturated carbocycles. The average molecular weight is 206 g/mol. The van der Waals surface area contributed by atoms with Crippen LogP contribution in [0, 0.1) is 6.92 Å². The number of hydrogen-bond acceptors (Lipinski definition) is 3. The van der Waals surface area contributed by atoms with E-state index in [0.717, 1.165) is 16.4 Å². The summed E-state index contributed by atoms with van der Waals surface area (Å²) in [6.45, 7) is 2.03. The molecule has 1 aromatic heterocycles. The lowest BCUT2D eigenvalue weighted by atomic mass is 10.2. The van der Waals surface area contributed by atoms with Gasteiger partial charge in [0.15, 0.2) is 6.29 Å². The molecule has 1 heterocycles. The fourth-order valence-electron chi connectivity index (χ4n) is 1.54. The van der Waals surface area contributed by atoms with Crippen LogP contribution in [-0.4, -0.2) is 13.4 Å². The molecule has 0 aliphatic heterocycles. The molecular formula is C11H10O2S. The number of carbonyl (C=O) groups excluding carboxylic acids is 1. The van der Waals surface area contributed by atoms with Crippen LogP contribution >= 0.6 is 11.3 Å². The van der Waals surface area contributed by atoms with Crippen molar-refractivity contribution >= 4 is 27.7 Å². The van der Waals surface area contributed by atoms with Crippen molar-refractivity contribution in [2.75, 3.05) is 7.11 Å². The zero-order chi connectivity index (χ0) is 10.1. The van der Waals surface area contributed by atoms with E-state index in [2.05, 4.69) is 0 Å². The zero-order valence-electron chi connectivity index (χ0n) is 8.03. The number of methoxy groups -OCH3 is 1. The molecule has 3 heteroatoms. The summed E-state index contributed by atoms with van der Waals surface area (Å²) in [7, 11) is 1.59. The van der Waals surface area contributed by atoms with Crippen molar-refractivity contribution in [3.8, 4) is 5.75 Å². The molecule has 0 amide bonds. The number of hydrogen-bond donors (Lipinski definition) is 0. The topological polar surface area (TPSA) is 26.3 Å². The Morgan fingerprint density at radius 2 is 2.21 bits per heavy atom. The van der Waals surface area contributed by atoms with Crippen molar-refractivity contribution in [2.45, 2.75) is 6.92 Å². The number of benzene rings is 1. The summed E-state index contributed by atoms with van der Waals surface area (Å²) in [5.41, 5.74) is 1.18. The van der Waals surface area contributed by atoms with E-state index in [9.17, 15) is 4.79 Å². The quantitative estimate of drug-likeness (QED) is 0.706. The van der Waals surface area contributed by atoms with Crippen LogP contribution in [0.1, 0.15) is 15.2 Å². The van der Waals surface area contributed by atoms with Crippen LogP contribution in [0.15, 0.2) is 18.2 Å². The Bertz CT molecular complexity index is 485. The van der Waals surface area contributed by atoms with Gasteiger partial charge in [-0.3, -0.25) is 4.79 Å². The van der Waals surface area contributed by atoms with Crippen molar-refractivity contribution in [1.29, 1.82) is 0 Å². The van der Waals surface area contributed by atoms with Gasteiger partial charge in [-0.1, -0.05) is 12.1 Å². The molecule has 14 heavy (non-hydrogen) atoms. The highest BCUT2D eigenvalue weighted by atomic mass is 32.1. The van der Waals surface area contributed by atoms with Gasteiger partial charge in [-0.25, -0.2) is 0 Å². The molecule has 0 saturated heterocycles. The van der Waals surface area contributed by atoms with Gasteiger partial charge in [-0.15, -0.1) is 11.3 Å². The van der Waals surface area contributed by atoms with Crippen molar-refractivity contribution in [2.24, 2.45) is 0 Å². The molecule has 0 aliphatic rings. The molecule has 0 spiro atoms. The predicted octanol–water partition coefficient (Wildman–Crippen LogP) is 3.03. The number of ether oxygens (including phenoxy) is 1. The number of thiophene rings is 1. The maximum atomic E-state index is 10.8. The van der Waals surface area contributed by atoms with E-state index in [1.54, 1.807) is 7.11 Å². The molecular weight excluding hydrogens is 196 g/mol. The summed E-state index contributed by atoms with van der Waals surface area (Å²) < 4.78 is 6.35. The van der Waals surface area contributed by atoms with Gasteiger partial charge in [0, 0.05) is 10.1 Å². The maximum Gasteiger partial charge on any atom is 0.163 e. The molecule has 2 rings (SSSR count). The molecule has 0 bridgehead atoms. The lowest BCUT2D eigenvalue weighted by Crippen LogP contribution is -1.84. The van der Waals surface area contributed by atoms with E-state index < -0.39 is 0 Å². The van der Waals surface area contributed by atoms with Crippen molar-refractivity contribution in [3.05, 3.63) is 28.6 Å². The van der Waals surface area contributed by atoms with E-state index in [0.29, 0.717) is 10.6 Å². The second-order valence-electron chi connectivity index (χ2n) is 3.07. The molecule has 0 aliphatic carbocycles. The van der Waals surface area contributed by atoms with Crippen molar-refractivity contribution in [3.63, 3.8) is 0 Å². The normalized spacial score (nSPS) is 10.4. The van der Waals surface area contributed by atoms with E-state index >= 15 is 0 Å². The Hall–Kier alpha value is -1.35. The predicted molar refractivity (Wildman–Crippen MR) is 58.5 cm³/mol. The molecule has 0 atom stereocenters. The number of carbonyl (C=O) groups is 1. The lowest BCUT2D eigenvalue weighted by molar-refractivity contribution is 0.112. The zero-order valence-corrected chi connectivity index (χ0v) is 8.85. The summed E-state index contributed by atoms with van der Waals surface area (Å²) >= 11 is 1.48. The monoisotopic (exact) mass is 206 g/mol. The summed E-state index contributed by atoms with van der Waals surface area (Å²) in [4.78, 5) is 11.5. The van der Waals surface area contributed by atoms with Crippen LogP contribution in [0.5, 0.6) is 5.75 Å². The fourth-order valence-corrected chi connectivity index (χ4v) is 2.60. The van der Waals surface area contributed by atoms with Crippen LogP contribution < -0.4 is 4.74 Å².